The summed E-state index contributed by atoms with van der Waals surface area (Å²) in [5, 5.41) is 57.5. The number of H-pyrrole nitrogens is 1. The van der Waals surface area contributed by atoms with Crippen molar-refractivity contribution in [1.29, 1.82) is 0 Å². The number of hydrogen-bond donors (Lipinski definition) is 9. The number of aromatic nitrogens is 10. The summed E-state index contributed by atoms with van der Waals surface area (Å²) in [7, 11) is 3.04. The third-order valence-electron chi connectivity index (χ3n) is 26.8. The van der Waals surface area contributed by atoms with E-state index in [9.17, 15) is 58.8 Å². The fourth-order valence-corrected chi connectivity index (χ4v) is 18.7. The van der Waals surface area contributed by atoms with E-state index in [1.54, 1.807) is 46.5 Å². The first-order valence-electron chi connectivity index (χ1n) is 47.6. The van der Waals surface area contributed by atoms with Gasteiger partial charge in [0.1, 0.15) is 59.7 Å². The van der Waals surface area contributed by atoms with Crippen LogP contribution < -0.4 is 31.9 Å². The largest absolute Gasteiger partial charge is 0.459 e. The van der Waals surface area contributed by atoms with Crippen LogP contribution >= 0.6 is 0 Å². The number of nitrogens with zero attached hydrogens (tertiary/aromatic N) is 13. The van der Waals surface area contributed by atoms with E-state index < -0.39 is 126 Å². The molecule has 4 amide bonds. The standard InChI is InChI=1S/C98H132N18O21/c1-59-14-10-9-11-15-60(2)79(129-7)46-74-21-17-64(6)98(128,137-74)88(123)93(125)115-28-13-12-16-76(115)94(126)135-80(47-77(118)61(3)41-63(5)86(121)87(122)85(120)62(4)40-59)75(99)43-65-19-22-78(81(44-65)130-8)136-97(127)108-50-67-48-104-96(105-49-67)114-31-30-113(56-73(114)57-117)95-106-52-72(53-107-95)92(124)102-27-33-132-35-37-134-39-38-133-36-34-131-32-25-82(119)112-29-24-68-42-66(18-20-70(68)55-112)54-116-91-83(89(100)109-58-110-91)84(111-116)71-45-69-23-26-101-90(69)103-51-71/h9-11,14-15,18,20,23,26,41-42,45,48-49,51-53,58-59,61-62,64-65,73-76,78-81,86-87,117,121-122,128H,12-13,16-17,19,21-22,24-25,27-40,43-44,46-47,50,54-57,99H2,1-8H3,(H,101,103)(H,102,124)(H,108,127)(H2,100,109,110)/b11-9+,14-10+,60-15+,63-41+/t59-,61-,62-,64-,65+,73?,74+,75-,76+,78-,79+,80+,81-,86-,87+,98-/m1/s1. The summed E-state index contributed by atoms with van der Waals surface area (Å²) >= 11 is 0. The molecule has 2 bridgehead atoms. The third-order valence-corrected chi connectivity index (χ3v) is 26.8. The van der Waals surface area contributed by atoms with Gasteiger partial charge in [-0.15, -0.1) is 0 Å². The molecule has 1 unspecified atom stereocenters. The van der Waals surface area contributed by atoms with Crippen molar-refractivity contribution in [2.75, 3.05) is 128 Å². The molecule has 11 N–H and O–H groups in total. The number of methoxy groups -OCH3 is 2. The number of ether oxygens (including phenoxy) is 9. The minimum Gasteiger partial charge on any atom is -0.459 e. The van der Waals surface area contributed by atoms with Crippen molar-refractivity contribution in [2.45, 2.75) is 218 Å². The number of rotatable bonds is 30. The number of alkyl carbamates (subject to hydrolysis) is 1. The third kappa shape index (κ3) is 27.0. The number of aliphatic hydroxyl groups excluding tert-OH is 3. The molecule has 5 aliphatic heterocycles. The monoisotopic (exact) mass is 1900 g/mol. The molecule has 1 saturated carbocycles. The average molecular weight is 1900 g/mol. The van der Waals surface area contributed by atoms with Crippen LogP contribution in [0.4, 0.5) is 22.5 Å². The highest BCUT2D eigenvalue weighted by molar-refractivity contribution is 6.39. The number of cyclic esters (lactones) is 1. The Kier molecular flexibility index (Phi) is 37.1. The second-order valence-electron chi connectivity index (χ2n) is 36.7. The molecular weight excluding hydrogens is 1770 g/mol. The maximum Gasteiger partial charge on any atom is 0.407 e. The van der Waals surface area contributed by atoms with Gasteiger partial charge < -0.3 is 110 Å². The number of fused-ring (bicyclic) bond motifs is 6. The lowest BCUT2D eigenvalue weighted by Crippen LogP contribution is -2.61. The quantitative estimate of drug-likeness (QED) is 0.0100. The van der Waals surface area contributed by atoms with Crippen LogP contribution in [-0.2, 0) is 97.5 Å². The summed E-state index contributed by atoms with van der Waals surface area (Å²) in [5.74, 6) is -8.77. The van der Waals surface area contributed by atoms with Gasteiger partial charge in [-0.1, -0.05) is 82.4 Å². The lowest BCUT2D eigenvalue weighted by Gasteiger charge is -2.42. The highest BCUT2D eigenvalue weighted by atomic mass is 16.6. The number of allylic oxidation sites excluding steroid dienone is 6. The Morgan fingerprint density at radius 3 is 2.21 bits per heavy atom. The Labute approximate surface area is 796 Å². The Hall–Kier alpha value is -11.3. The van der Waals surface area contributed by atoms with Gasteiger partial charge in [0.25, 0.3) is 17.6 Å². The number of anilines is 3. The molecule has 137 heavy (non-hydrogen) atoms. The molecule has 3 saturated heterocycles. The van der Waals surface area contributed by atoms with Crippen LogP contribution in [0.5, 0.6) is 0 Å². The molecule has 39 heteroatoms. The van der Waals surface area contributed by atoms with Gasteiger partial charge >= 0.3 is 12.1 Å². The summed E-state index contributed by atoms with van der Waals surface area (Å²) in [6, 6.07) is 7.54. The van der Waals surface area contributed by atoms with E-state index in [-0.39, 0.29) is 99.9 Å². The highest BCUT2D eigenvalue weighted by Crippen LogP contribution is 2.39. The van der Waals surface area contributed by atoms with Crippen molar-refractivity contribution in [3.05, 3.63) is 149 Å². The number of carbonyl (C=O) groups excluding carboxylic acids is 8. The molecule has 1 aliphatic carbocycles. The van der Waals surface area contributed by atoms with Crippen LogP contribution in [0.15, 0.2) is 121 Å². The fourth-order valence-electron chi connectivity index (χ4n) is 18.7. The lowest BCUT2D eigenvalue weighted by molar-refractivity contribution is -0.265. The number of carbonyl (C=O) groups is 8. The first-order chi connectivity index (χ1) is 66.1. The number of hydrogen-bond acceptors (Lipinski definition) is 33. The summed E-state index contributed by atoms with van der Waals surface area (Å²) in [6.07, 6.45) is 18.3. The molecule has 7 aromatic rings. The maximum absolute atomic E-state index is 14.7. The van der Waals surface area contributed by atoms with Gasteiger partial charge in [-0.3, -0.25) is 28.8 Å². The van der Waals surface area contributed by atoms with Crippen molar-refractivity contribution in [3.8, 4) is 11.3 Å². The molecule has 6 aromatic heterocycles. The zero-order valence-corrected chi connectivity index (χ0v) is 79.4. The van der Waals surface area contributed by atoms with Crippen molar-refractivity contribution < 1.29 is 101 Å². The minimum absolute atomic E-state index is 0.00943. The zero-order valence-electron chi connectivity index (χ0n) is 79.4. The van der Waals surface area contributed by atoms with Gasteiger partial charge in [-0.2, -0.15) is 5.10 Å². The first-order valence-corrected chi connectivity index (χ1v) is 47.6. The molecule has 16 atom stereocenters. The normalized spacial score (nSPS) is 27.0. The van der Waals surface area contributed by atoms with Crippen LogP contribution in [0, 0.1) is 29.6 Å². The maximum atomic E-state index is 14.7. The Morgan fingerprint density at radius 2 is 1.47 bits per heavy atom. The number of esters is 1. The van der Waals surface area contributed by atoms with Crippen LogP contribution in [0.2, 0.25) is 0 Å². The summed E-state index contributed by atoms with van der Waals surface area (Å²) in [6.45, 7) is 15.5. The number of aromatic amines is 1. The van der Waals surface area contributed by atoms with Gasteiger partial charge in [0.2, 0.25) is 23.6 Å². The second kappa shape index (κ2) is 49.3. The second-order valence-corrected chi connectivity index (χ2v) is 36.7. The zero-order chi connectivity index (χ0) is 97.4. The van der Waals surface area contributed by atoms with E-state index in [0.29, 0.717) is 170 Å². The number of nitrogens with two attached hydrogens (primary N) is 2. The molecule has 4 fully saturated rings. The number of aliphatic hydroxyl groups is 4. The van der Waals surface area contributed by atoms with Crippen molar-refractivity contribution >= 4 is 86.9 Å². The van der Waals surface area contributed by atoms with E-state index in [1.165, 1.54) is 44.4 Å². The number of ketones is 3. The number of pyridine rings is 1. The highest BCUT2D eigenvalue weighted by Gasteiger charge is 2.53. The molecule has 39 nitrogen and oxygen atoms in total. The molecule has 0 spiro atoms. The van der Waals surface area contributed by atoms with Gasteiger partial charge in [-0.05, 0) is 136 Å². The van der Waals surface area contributed by atoms with Gasteiger partial charge in [0, 0.05) is 157 Å². The minimum atomic E-state index is -2.53. The smallest absolute Gasteiger partial charge is 0.407 e. The molecule has 1 aromatic carbocycles. The van der Waals surface area contributed by atoms with E-state index >= 15 is 0 Å². The predicted octanol–water partition coefficient (Wildman–Crippen LogP) is 6.50. The summed E-state index contributed by atoms with van der Waals surface area (Å²) in [4.78, 5) is 153. The van der Waals surface area contributed by atoms with Crippen LogP contribution in [0.3, 0.4) is 0 Å². The molecule has 6 aliphatic rings. The first kappa shape index (κ1) is 103. The number of benzene rings is 1. The number of amides is 4. The van der Waals surface area contributed by atoms with Crippen LogP contribution in [-0.4, -0.2) is 307 Å². The van der Waals surface area contributed by atoms with Crippen molar-refractivity contribution in [3.63, 3.8) is 0 Å². The molecule has 11 heterocycles. The van der Waals surface area contributed by atoms with Gasteiger partial charge in [-0.25, -0.2) is 49.2 Å². The van der Waals surface area contributed by atoms with Crippen LogP contribution in [0.1, 0.15) is 158 Å². The van der Waals surface area contributed by atoms with E-state index in [4.69, 9.17) is 59.2 Å². The Morgan fingerprint density at radius 1 is 0.723 bits per heavy atom. The number of Topliss-reactive ketones (excluding diaryl/α,β-unsaturated/α-hetero) is 3. The molecular formula is C98H132N18O21. The average Bonchev–Trinajstić information content (AvgIpc) is 1.62. The Balaban J connectivity index is 0.500. The van der Waals surface area contributed by atoms with E-state index in [2.05, 4.69) is 68.7 Å². The summed E-state index contributed by atoms with van der Waals surface area (Å²) in [5.41, 5.74) is 21.5. The molecule has 0 radical (unpaired) electrons. The lowest BCUT2D eigenvalue weighted by atomic mass is 9.80. The van der Waals surface area contributed by atoms with Crippen LogP contribution in [0.25, 0.3) is 33.3 Å². The predicted molar refractivity (Wildman–Crippen MR) is 504 cm³/mol. The number of piperidine rings is 1. The van der Waals surface area contributed by atoms with Gasteiger partial charge in [0.05, 0.1) is 108 Å². The molecule has 740 valence electrons. The van der Waals surface area contributed by atoms with Gasteiger partial charge in [0.15, 0.2) is 11.4 Å². The summed E-state index contributed by atoms with van der Waals surface area (Å²) < 4.78 is 54.7. The Bertz CT molecular complexity index is 5400. The van der Waals surface area contributed by atoms with E-state index in [1.807, 2.05) is 81.9 Å². The SMILES string of the molecule is CO[C@H]1C[C@@H]2CC[C@@H](C)[C@@](O)(O2)C(=O)C(=O)N2CCCC[C@H]2C(=O)O[C@H]([C@H](N)C[C@@H]2CC[C@@H](OC(=O)NCc3cnc(N4CCN(c5ncc(C(=O)NCCOCCOCCOCCOCCC(=O)N6CCc7cc(Cn8nc(-c9cnc%10[nH]ccc%10c9)c9c(N)ncnc98)ccc7C6)cn5)CC4CO)nc3)[C@H](OC)C2)CC(=O)[C@H](C)/C=C(\C)[C@@H](O)[C@@H](O)C(=O)[C@H](C)C[C@H](C)/C=C/C=C/C=C/1C. The van der Waals surface area contributed by atoms with Crippen molar-refractivity contribution in [1.82, 2.24) is 70.1 Å². The number of piperazine rings is 1. The van der Waals surface area contributed by atoms with E-state index in [0.717, 1.165) is 44.6 Å². The fraction of sp³-hybridized carbons (Fsp3) is 0.571. The number of nitrogen functional groups attached to an aromatic ring is 1. The van der Waals surface area contributed by atoms with Crippen molar-refractivity contribution in [2.24, 2.45) is 35.3 Å². The number of nitrogens with one attached hydrogen (secondary N) is 3. The molecule has 13 rings (SSSR count). The topological polar surface area (TPSA) is 513 Å².